The highest BCUT2D eigenvalue weighted by atomic mass is 16.6. The molecule has 45 heavy (non-hydrogen) atoms. The summed E-state index contributed by atoms with van der Waals surface area (Å²) in [5.74, 6) is 0.0679. The van der Waals surface area contributed by atoms with E-state index in [1.165, 1.54) is 0 Å². The van der Waals surface area contributed by atoms with Crippen LogP contribution in [0.5, 0.6) is 11.5 Å². The van der Waals surface area contributed by atoms with E-state index < -0.39 is 23.1 Å². The Kier molecular flexibility index (Phi) is 11.2. The second-order valence-corrected chi connectivity index (χ2v) is 11.8. The molecule has 0 fully saturated rings. The minimum Gasteiger partial charge on any atom is -0.485 e. The fraction of sp³-hybridized carbons (Fsp3) is 0.324. The van der Waals surface area contributed by atoms with E-state index in [4.69, 9.17) is 18.9 Å². The number of nitrogens with one attached hydrogen (secondary N) is 1. The molecule has 1 aliphatic carbocycles. The molecule has 236 valence electrons. The monoisotopic (exact) mass is 611 g/mol. The van der Waals surface area contributed by atoms with Crippen molar-refractivity contribution in [1.82, 2.24) is 5.32 Å². The summed E-state index contributed by atoms with van der Waals surface area (Å²) in [5.41, 5.74) is 1.69. The van der Waals surface area contributed by atoms with Crippen LogP contribution in [0.1, 0.15) is 50.8 Å². The predicted octanol–water partition coefficient (Wildman–Crippen LogP) is 6.87. The number of carbonyl (C=O) groups excluding carboxylic acids is 3. The standard InChI is InChI=1S/C37H41NO7/c1-5-42-33(40)22-29-18-12-20-31(34(29)44-24-27-14-8-6-9-15-27)43-25-32(39)37(26-38-35(41)45-36(2,3)4)21-13-19-30(23-37)28-16-10-7-11-17-28/h6-21H,5,22-26H2,1-4H3,(H,38,41). The molecule has 1 N–H and O–H groups in total. The highest BCUT2D eigenvalue weighted by molar-refractivity contribution is 5.92. The average Bonchev–Trinajstić information content (AvgIpc) is 3.02. The first-order valence-electron chi connectivity index (χ1n) is 15.1. The van der Waals surface area contributed by atoms with E-state index in [-0.39, 0.29) is 38.6 Å². The Morgan fingerprint density at radius 2 is 1.60 bits per heavy atom. The summed E-state index contributed by atoms with van der Waals surface area (Å²) in [5, 5.41) is 2.80. The summed E-state index contributed by atoms with van der Waals surface area (Å²) >= 11 is 0. The Bertz CT molecular complexity index is 1520. The normalized spacial score (nSPS) is 15.9. The Morgan fingerprint density at radius 1 is 0.889 bits per heavy atom. The van der Waals surface area contributed by atoms with Gasteiger partial charge >= 0.3 is 12.1 Å². The Labute approximate surface area is 265 Å². The molecule has 8 nitrogen and oxygen atoms in total. The smallest absolute Gasteiger partial charge is 0.407 e. The van der Waals surface area contributed by atoms with Crippen LogP contribution in [-0.2, 0) is 32.1 Å². The van der Waals surface area contributed by atoms with Crippen LogP contribution in [-0.4, -0.2) is 43.2 Å². The second kappa shape index (κ2) is 15.2. The maximum atomic E-state index is 14.1. The molecular weight excluding hydrogens is 570 g/mol. The molecule has 8 heteroatoms. The highest BCUT2D eigenvalue weighted by Gasteiger charge is 2.39. The molecule has 0 heterocycles. The number of ketones is 1. The van der Waals surface area contributed by atoms with Gasteiger partial charge in [-0.1, -0.05) is 91.0 Å². The number of alkyl carbamates (subject to hydrolysis) is 1. The fourth-order valence-corrected chi connectivity index (χ4v) is 4.97. The van der Waals surface area contributed by atoms with Crippen molar-refractivity contribution >= 4 is 23.4 Å². The second-order valence-electron chi connectivity index (χ2n) is 11.8. The number of carbonyl (C=O) groups is 3. The van der Waals surface area contributed by atoms with Crippen LogP contribution in [0.25, 0.3) is 5.57 Å². The number of para-hydroxylation sites is 1. The third kappa shape index (κ3) is 9.57. The fourth-order valence-electron chi connectivity index (χ4n) is 4.97. The van der Waals surface area contributed by atoms with Crippen molar-refractivity contribution in [3.63, 3.8) is 0 Å². The van der Waals surface area contributed by atoms with Crippen molar-refractivity contribution in [2.75, 3.05) is 19.8 Å². The van der Waals surface area contributed by atoms with Crippen molar-refractivity contribution in [1.29, 1.82) is 0 Å². The van der Waals surface area contributed by atoms with E-state index >= 15 is 0 Å². The molecule has 3 aromatic rings. The SMILES string of the molecule is CCOC(=O)Cc1cccc(OCC(=O)C2(CNC(=O)OC(C)(C)C)C=CC=C(c3ccccc3)C2)c1OCc1ccccc1. The van der Waals surface area contributed by atoms with E-state index in [1.807, 2.05) is 78.9 Å². The first-order valence-corrected chi connectivity index (χ1v) is 15.1. The summed E-state index contributed by atoms with van der Waals surface area (Å²) < 4.78 is 23.0. The first-order chi connectivity index (χ1) is 21.6. The van der Waals surface area contributed by atoms with Gasteiger partial charge in [0.15, 0.2) is 17.3 Å². The van der Waals surface area contributed by atoms with Gasteiger partial charge in [-0.05, 0) is 56.9 Å². The zero-order valence-corrected chi connectivity index (χ0v) is 26.3. The lowest BCUT2D eigenvalue weighted by Gasteiger charge is -2.33. The van der Waals surface area contributed by atoms with Gasteiger partial charge in [-0.3, -0.25) is 9.59 Å². The van der Waals surface area contributed by atoms with Crippen LogP contribution >= 0.6 is 0 Å². The maximum absolute atomic E-state index is 14.1. The number of Topliss-reactive ketones (excluding diaryl/α,β-unsaturated/α-hetero) is 1. The van der Waals surface area contributed by atoms with Gasteiger partial charge in [0.1, 0.15) is 18.8 Å². The van der Waals surface area contributed by atoms with Gasteiger partial charge < -0.3 is 24.3 Å². The van der Waals surface area contributed by atoms with Crippen LogP contribution in [0.3, 0.4) is 0 Å². The van der Waals surface area contributed by atoms with Crippen LogP contribution in [0.2, 0.25) is 0 Å². The quantitative estimate of drug-likeness (QED) is 0.211. The Morgan fingerprint density at radius 3 is 2.29 bits per heavy atom. The lowest BCUT2D eigenvalue weighted by atomic mass is 9.73. The van der Waals surface area contributed by atoms with Crippen molar-refractivity contribution in [3.05, 3.63) is 114 Å². The van der Waals surface area contributed by atoms with Crippen LogP contribution in [0.4, 0.5) is 4.79 Å². The van der Waals surface area contributed by atoms with Crippen LogP contribution < -0.4 is 14.8 Å². The predicted molar refractivity (Wildman–Crippen MR) is 173 cm³/mol. The van der Waals surface area contributed by atoms with Crippen molar-refractivity contribution in [2.24, 2.45) is 5.41 Å². The van der Waals surface area contributed by atoms with Gasteiger partial charge in [0.25, 0.3) is 0 Å². The van der Waals surface area contributed by atoms with Gasteiger partial charge in [0.2, 0.25) is 0 Å². The molecule has 0 saturated carbocycles. The molecule has 0 bridgehead atoms. The number of rotatable bonds is 13. The average molecular weight is 612 g/mol. The van der Waals surface area contributed by atoms with Gasteiger partial charge in [-0.25, -0.2) is 4.79 Å². The molecular formula is C37H41NO7. The molecule has 0 aromatic heterocycles. The lowest BCUT2D eigenvalue weighted by molar-refractivity contribution is -0.142. The van der Waals surface area contributed by atoms with Gasteiger partial charge in [0, 0.05) is 12.1 Å². The largest absolute Gasteiger partial charge is 0.485 e. The Balaban J connectivity index is 1.58. The highest BCUT2D eigenvalue weighted by Crippen LogP contribution is 2.38. The summed E-state index contributed by atoms with van der Waals surface area (Å²) in [6.45, 7) is 7.32. The summed E-state index contributed by atoms with van der Waals surface area (Å²) in [6.07, 6.45) is 5.36. The lowest BCUT2D eigenvalue weighted by Crippen LogP contribution is -2.45. The van der Waals surface area contributed by atoms with Crippen molar-refractivity contribution in [2.45, 2.75) is 52.7 Å². The van der Waals surface area contributed by atoms with Gasteiger partial charge in [0.05, 0.1) is 18.4 Å². The van der Waals surface area contributed by atoms with E-state index in [1.54, 1.807) is 45.9 Å². The van der Waals surface area contributed by atoms with Crippen molar-refractivity contribution < 1.29 is 33.3 Å². The molecule has 1 atom stereocenters. The van der Waals surface area contributed by atoms with E-state index in [9.17, 15) is 14.4 Å². The number of amides is 1. The molecule has 3 aromatic carbocycles. The molecule has 1 unspecified atom stereocenters. The number of allylic oxidation sites excluding steroid dienone is 3. The zero-order valence-electron chi connectivity index (χ0n) is 26.3. The van der Waals surface area contributed by atoms with Gasteiger partial charge in [-0.15, -0.1) is 0 Å². The van der Waals surface area contributed by atoms with Crippen LogP contribution in [0, 0.1) is 5.41 Å². The van der Waals surface area contributed by atoms with E-state index in [0.717, 1.165) is 16.7 Å². The molecule has 1 aliphatic rings. The third-order valence-electron chi connectivity index (χ3n) is 7.15. The number of hydrogen-bond donors (Lipinski definition) is 1. The maximum Gasteiger partial charge on any atom is 0.407 e. The molecule has 0 spiro atoms. The minimum absolute atomic E-state index is 0.0131. The molecule has 1 amide bonds. The van der Waals surface area contributed by atoms with E-state index in [2.05, 4.69) is 5.32 Å². The number of esters is 1. The first kappa shape index (κ1) is 33.1. The van der Waals surface area contributed by atoms with Crippen molar-refractivity contribution in [3.8, 4) is 11.5 Å². The van der Waals surface area contributed by atoms with Gasteiger partial charge in [-0.2, -0.15) is 0 Å². The summed E-state index contributed by atoms with van der Waals surface area (Å²) in [6, 6.07) is 24.7. The summed E-state index contributed by atoms with van der Waals surface area (Å²) in [7, 11) is 0. The minimum atomic E-state index is -1.09. The zero-order chi connectivity index (χ0) is 32.3. The molecule has 0 radical (unpaired) electrons. The molecule has 0 aliphatic heterocycles. The summed E-state index contributed by atoms with van der Waals surface area (Å²) in [4.78, 5) is 39.1. The Hall–Kier alpha value is -4.85. The molecule has 4 rings (SSSR count). The third-order valence-corrected chi connectivity index (χ3v) is 7.15. The molecule has 0 saturated heterocycles. The number of ether oxygens (including phenoxy) is 4. The van der Waals surface area contributed by atoms with E-state index in [0.29, 0.717) is 23.5 Å². The van der Waals surface area contributed by atoms with Crippen LogP contribution in [0.15, 0.2) is 97.1 Å². The topological polar surface area (TPSA) is 100 Å². The number of hydrogen-bond acceptors (Lipinski definition) is 7. The number of benzene rings is 3.